The van der Waals surface area contributed by atoms with Crippen LogP contribution in [-0.4, -0.2) is 34.8 Å². The molecule has 0 fully saturated rings. The van der Waals surface area contributed by atoms with E-state index in [0.29, 0.717) is 19.8 Å². The Morgan fingerprint density at radius 3 is 3.10 bits per heavy atom. The molecule has 1 aromatic carbocycles. The number of ether oxygens (including phenoxy) is 1. The van der Waals surface area contributed by atoms with Crippen LogP contribution in [0.25, 0.3) is 11.0 Å². The van der Waals surface area contributed by atoms with Crippen molar-refractivity contribution in [2.75, 3.05) is 13.2 Å². The quantitative estimate of drug-likeness (QED) is 0.905. The Morgan fingerprint density at radius 1 is 1.48 bits per heavy atom. The van der Waals surface area contributed by atoms with Gasteiger partial charge >= 0.3 is 6.03 Å². The van der Waals surface area contributed by atoms with Crippen molar-refractivity contribution in [1.29, 1.82) is 0 Å². The van der Waals surface area contributed by atoms with Gasteiger partial charge in [-0.1, -0.05) is 12.1 Å². The molecule has 6 nitrogen and oxygen atoms in total. The topological polar surface area (TPSA) is 68.2 Å². The van der Waals surface area contributed by atoms with Gasteiger partial charge < -0.3 is 19.9 Å². The number of fused-ring (bicyclic) bond motifs is 3. The first kappa shape index (κ1) is 13.9. The molecule has 2 amide bonds. The molecule has 0 aliphatic carbocycles. The number of aromatic nitrogens is 2. The summed E-state index contributed by atoms with van der Waals surface area (Å²) in [6.45, 7) is 5.49. The number of rotatable bonds is 3. The summed E-state index contributed by atoms with van der Waals surface area (Å²) in [5, 5.41) is 5.72. The van der Waals surface area contributed by atoms with Crippen LogP contribution in [0.3, 0.4) is 0 Å². The van der Waals surface area contributed by atoms with E-state index in [1.165, 1.54) is 0 Å². The summed E-state index contributed by atoms with van der Waals surface area (Å²) in [6, 6.07) is 8.07. The molecule has 0 spiro atoms. The molecule has 0 saturated carbocycles. The summed E-state index contributed by atoms with van der Waals surface area (Å²) < 4.78 is 7.77. The SMILES string of the molecule is CC(C)NC(=O)NCC1COCc2nc3ccccc3n21. The van der Waals surface area contributed by atoms with Crippen molar-refractivity contribution in [1.82, 2.24) is 20.2 Å². The average Bonchev–Trinajstić information content (AvgIpc) is 2.83. The van der Waals surface area contributed by atoms with Crippen molar-refractivity contribution in [2.24, 2.45) is 0 Å². The zero-order valence-corrected chi connectivity index (χ0v) is 12.3. The second-order valence-corrected chi connectivity index (χ2v) is 5.56. The third-order valence-electron chi connectivity index (χ3n) is 3.49. The summed E-state index contributed by atoms with van der Waals surface area (Å²) in [6.07, 6.45) is 0. The van der Waals surface area contributed by atoms with Crippen molar-refractivity contribution < 1.29 is 9.53 Å². The van der Waals surface area contributed by atoms with E-state index in [0.717, 1.165) is 16.9 Å². The summed E-state index contributed by atoms with van der Waals surface area (Å²) in [7, 11) is 0. The van der Waals surface area contributed by atoms with Gasteiger partial charge in [-0.3, -0.25) is 0 Å². The van der Waals surface area contributed by atoms with Crippen LogP contribution in [0.15, 0.2) is 24.3 Å². The largest absolute Gasteiger partial charge is 0.371 e. The highest BCUT2D eigenvalue weighted by Crippen LogP contribution is 2.25. The van der Waals surface area contributed by atoms with Gasteiger partial charge in [0.15, 0.2) is 0 Å². The summed E-state index contributed by atoms with van der Waals surface area (Å²) in [5.41, 5.74) is 2.06. The molecule has 1 aliphatic heterocycles. The molecular formula is C15H20N4O2. The minimum atomic E-state index is -0.151. The predicted octanol–water partition coefficient (Wildman–Crippen LogP) is 1.82. The Kier molecular flexibility index (Phi) is 3.79. The van der Waals surface area contributed by atoms with E-state index < -0.39 is 0 Å². The first-order valence-corrected chi connectivity index (χ1v) is 7.23. The van der Waals surface area contributed by atoms with Crippen LogP contribution < -0.4 is 10.6 Å². The number of urea groups is 1. The minimum Gasteiger partial charge on any atom is -0.371 e. The monoisotopic (exact) mass is 288 g/mol. The molecule has 0 radical (unpaired) electrons. The Morgan fingerprint density at radius 2 is 2.29 bits per heavy atom. The third-order valence-corrected chi connectivity index (χ3v) is 3.49. The molecule has 1 atom stereocenters. The molecule has 0 bridgehead atoms. The lowest BCUT2D eigenvalue weighted by molar-refractivity contribution is 0.0572. The van der Waals surface area contributed by atoms with Crippen LogP contribution in [0.5, 0.6) is 0 Å². The van der Waals surface area contributed by atoms with Gasteiger partial charge in [0.05, 0.1) is 23.7 Å². The molecule has 1 aliphatic rings. The first-order valence-electron chi connectivity index (χ1n) is 7.23. The molecule has 2 aromatic rings. The zero-order valence-electron chi connectivity index (χ0n) is 12.3. The van der Waals surface area contributed by atoms with E-state index in [9.17, 15) is 4.79 Å². The van der Waals surface area contributed by atoms with E-state index in [4.69, 9.17) is 4.74 Å². The number of nitrogens with one attached hydrogen (secondary N) is 2. The van der Waals surface area contributed by atoms with Gasteiger partial charge in [-0.2, -0.15) is 0 Å². The molecule has 1 aromatic heterocycles. The second-order valence-electron chi connectivity index (χ2n) is 5.56. The van der Waals surface area contributed by atoms with E-state index in [-0.39, 0.29) is 18.1 Å². The maximum atomic E-state index is 11.7. The van der Waals surface area contributed by atoms with Gasteiger partial charge in [-0.25, -0.2) is 9.78 Å². The van der Waals surface area contributed by atoms with Crippen molar-refractivity contribution >= 4 is 17.1 Å². The molecule has 2 heterocycles. The van der Waals surface area contributed by atoms with Crippen LogP contribution in [0, 0.1) is 0 Å². The van der Waals surface area contributed by atoms with E-state index >= 15 is 0 Å². The van der Waals surface area contributed by atoms with Crippen molar-refractivity contribution in [3.05, 3.63) is 30.1 Å². The molecule has 2 N–H and O–H groups in total. The number of amides is 2. The van der Waals surface area contributed by atoms with Gasteiger partial charge in [-0.05, 0) is 26.0 Å². The number of hydrogen-bond donors (Lipinski definition) is 2. The standard InChI is InChI=1S/C15H20N4O2/c1-10(2)17-15(20)16-7-11-8-21-9-14-18-12-5-3-4-6-13(12)19(11)14/h3-6,10-11H,7-9H2,1-2H3,(H2,16,17,20). The molecule has 0 saturated heterocycles. The number of hydrogen-bond acceptors (Lipinski definition) is 3. The molecule has 21 heavy (non-hydrogen) atoms. The van der Waals surface area contributed by atoms with E-state index in [1.54, 1.807) is 0 Å². The molecule has 3 rings (SSSR count). The van der Waals surface area contributed by atoms with Crippen LogP contribution >= 0.6 is 0 Å². The normalized spacial score (nSPS) is 17.8. The third kappa shape index (κ3) is 2.85. The minimum absolute atomic E-state index is 0.0686. The van der Waals surface area contributed by atoms with Crippen LogP contribution in [0.1, 0.15) is 25.7 Å². The van der Waals surface area contributed by atoms with Gasteiger partial charge in [-0.15, -0.1) is 0 Å². The van der Waals surface area contributed by atoms with Gasteiger partial charge in [0, 0.05) is 12.6 Å². The van der Waals surface area contributed by atoms with Crippen molar-refractivity contribution in [2.45, 2.75) is 32.5 Å². The maximum Gasteiger partial charge on any atom is 0.315 e. The van der Waals surface area contributed by atoms with E-state index in [2.05, 4.69) is 26.3 Å². The van der Waals surface area contributed by atoms with Gasteiger partial charge in [0.1, 0.15) is 12.4 Å². The summed E-state index contributed by atoms with van der Waals surface area (Å²) >= 11 is 0. The molecule has 1 unspecified atom stereocenters. The van der Waals surface area contributed by atoms with Crippen molar-refractivity contribution in [3.8, 4) is 0 Å². The lowest BCUT2D eigenvalue weighted by Gasteiger charge is -2.26. The van der Waals surface area contributed by atoms with E-state index in [1.807, 2.05) is 32.0 Å². The Balaban J connectivity index is 1.79. The summed E-state index contributed by atoms with van der Waals surface area (Å²) in [4.78, 5) is 16.3. The zero-order chi connectivity index (χ0) is 14.8. The molecule has 112 valence electrons. The molecule has 6 heteroatoms. The highest BCUT2D eigenvalue weighted by atomic mass is 16.5. The fraction of sp³-hybridized carbons (Fsp3) is 0.467. The fourth-order valence-electron chi connectivity index (χ4n) is 2.64. The highest BCUT2D eigenvalue weighted by molar-refractivity contribution is 5.76. The lowest BCUT2D eigenvalue weighted by Crippen LogP contribution is -2.43. The number of para-hydroxylation sites is 2. The Bertz CT molecular complexity index is 650. The smallest absolute Gasteiger partial charge is 0.315 e. The lowest BCUT2D eigenvalue weighted by atomic mass is 10.2. The van der Waals surface area contributed by atoms with Gasteiger partial charge in [0.25, 0.3) is 0 Å². The Hall–Kier alpha value is -2.08. The number of imidazole rings is 1. The van der Waals surface area contributed by atoms with Gasteiger partial charge in [0.2, 0.25) is 0 Å². The highest BCUT2D eigenvalue weighted by Gasteiger charge is 2.24. The van der Waals surface area contributed by atoms with Crippen LogP contribution in [0.2, 0.25) is 0 Å². The predicted molar refractivity (Wildman–Crippen MR) is 80.1 cm³/mol. The Labute approximate surface area is 123 Å². The number of nitrogens with zero attached hydrogens (tertiary/aromatic N) is 2. The fourth-order valence-corrected chi connectivity index (χ4v) is 2.64. The average molecular weight is 288 g/mol. The molecular weight excluding hydrogens is 268 g/mol. The number of benzene rings is 1. The summed E-state index contributed by atoms with van der Waals surface area (Å²) in [5.74, 6) is 0.915. The first-order chi connectivity index (χ1) is 10.1. The number of carbonyl (C=O) groups is 1. The second kappa shape index (κ2) is 5.73. The maximum absolute atomic E-state index is 11.7. The van der Waals surface area contributed by atoms with Crippen LogP contribution in [0.4, 0.5) is 4.79 Å². The van der Waals surface area contributed by atoms with Crippen molar-refractivity contribution in [3.63, 3.8) is 0 Å². The number of carbonyl (C=O) groups excluding carboxylic acids is 1. The van der Waals surface area contributed by atoms with Crippen LogP contribution in [-0.2, 0) is 11.3 Å².